The summed E-state index contributed by atoms with van der Waals surface area (Å²) in [5.41, 5.74) is 6.09. The van der Waals surface area contributed by atoms with E-state index in [0.717, 1.165) is 5.56 Å². The second-order valence-electron chi connectivity index (χ2n) is 1.95. The average molecular weight is 241 g/mol. The molecule has 0 aliphatic rings. The van der Waals surface area contributed by atoms with Gasteiger partial charge in [0.05, 0.1) is 4.47 Å². The summed E-state index contributed by atoms with van der Waals surface area (Å²) in [5, 5.41) is 0. The number of hydrogen-bond acceptors (Lipinski definition) is 1. The molecule has 0 aliphatic carbocycles. The zero-order chi connectivity index (χ0) is 7.56. The highest BCUT2D eigenvalue weighted by atomic mass is 79.9. The quantitative estimate of drug-likeness (QED) is 0.802. The Kier molecular flexibility index (Phi) is 4.65. The van der Waals surface area contributed by atoms with Crippen LogP contribution in [-0.2, 0) is 6.54 Å². The molecular weight excluding hydrogens is 232 g/mol. The molecule has 0 saturated carbocycles. The Morgan fingerprint density at radius 3 is 2.55 bits per heavy atom. The fraction of sp³-hybridized carbons (Fsp3) is 0.143. The van der Waals surface area contributed by atoms with E-state index in [4.69, 9.17) is 5.73 Å². The van der Waals surface area contributed by atoms with Gasteiger partial charge in [0.25, 0.3) is 0 Å². The SMILES string of the molecule is Cl.NCc1ccc(Br)c(F)c1. The predicted molar refractivity (Wildman–Crippen MR) is 49.2 cm³/mol. The molecule has 0 unspecified atom stereocenters. The summed E-state index contributed by atoms with van der Waals surface area (Å²) in [6, 6.07) is 4.86. The largest absolute Gasteiger partial charge is 0.326 e. The molecule has 0 radical (unpaired) electrons. The molecule has 0 fully saturated rings. The van der Waals surface area contributed by atoms with Gasteiger partial charge in [-0.3, -0.25) is 0 Å². The van der Waals surface area contributed by atoms with Crippen LogP contribution in [0.3, 0.4) is 0 Å². The first-order chi connectivity index (χ1) is 4.74. The van der Waals surface area contributed by atoms with E-state index in [-0.39, 0.29) is 18.2 Å². The fourth-order valence-corrected chi connectivity index (χ4v) is 0.913. The minimum atomic E-state index is -0.261. The van der Waals surface area contributed by atoms with Gasteiger partial charge in [0.15, 0.2) is 0 Å². The maximum Gasteiger partial charge on any atom is 0.137 e. The van der Waals surface area contributed by atoms with Gasteiger partial charge in [0.1, 0.15) is 5.82 Å². The van der Waals surface area contributed by atoms with Gasteiger partial charge in [0.2, 0.25) is 0 Å². The number of nitrogens with two attached hydrogens (primary N) is 1. The first-order valence-electron chi connectivity index (χ1n) is 2.88. The Hall–Kier alpha value is -0.120. The zero-order valence-electron chi connectivity index (χ0n) is 5.68. The van der Waals surface area contributed by atoms with Crippen LogP contribution in [0.1, 0.15) is 5.56 Å². The molecule has 0 saturated heterocycles. The number of halogens is 3. The van der Waals surface area contributed by atoms with Crippen LogP contribution >= 0.6 is 28.3 Å². The van der Waals surface area contributed by atoms with Crippen molar-refractivity contribution < 1.29 is 4.39 Å². The number of benzene rings is 1. The third-order valence-corrected chi connectivity index (χ3v) is 1.86. The maximum atomic E-state index is 12.7. The molecule has 0 bridgehead atoms. The standard InChI is InChI=1S/C7H7BrFN.ClH/c8-6-2-1-5(4-10)3-7(6)9;/h1-3H,4,10H2;1H. The summed E-state index contributed by atoms with van der Waals surface area (Å²) in [4.78, 5) is 0. The molecule has 4 heteroatoms. The molecule has 0 amide bonds. The fourth-order valence-electron chi connectivity index (χ4n) is 0.667. The lowest BCUT2D eigenvalue weighted by Gasteiger charge is -1.96. The zero-order valence-corrected chi connectivity index (χ0v) is 8.08. The lowest BCUT2D eigenvalue weighted by Crippen LogP contribution is -1.96. The van der Waals surface area contributed by atoms with Gasteiger partial charge >= 0.3 is 0 Å². The van der Waals surface area contributed by atoms with E-state index >= 15 is 0 Å². The van der Waals surface area contributed by atoms with Gasteiger partial charge in [-0.2, -0.15) is 0 Å². The molecule has 0 heterocycles. The van der Waals surface area contributed by atoms with Crippen molar-refractivity contribution in [1.29, 1.82) is 0 Å². The molecule has 1 aromatic carbocycles. The van der Waals surface area contributed by atoms with Crippen LogP contribution in [0.4, 0.5) is 4.39 Å². The molecule has 2 N–H and O–H groups in total. The Morgan fingerprint density at radius 1 is 1.45 bits per heavy atom. The van der Waals surface area contributed by atoms with Crippen LogP contribution < -0.4 is 5.73 Å². The minimum absolute atomic E-state index is 0. The molecule has 0 aliphatic heterocycles. The van der Waals surface area contributed by atoms with Crippen molar-refractivity contribution in [3.63, 3.8) is 0 Å². The molecule has 0 aromatic heterocycles. The summed E-state index contributed by atoms with van der Waals surface area (Å²) in [5.74, 6) is -0.261. The van der Waals surface area contributed by atoms with Crippen LogP contribution in [0.25, 0.3) is 0 Å². The van der Waals surface area contributed by atoms with Gasteiger partial charge in [0, 0.05) is 6.54 Å². The lowest BCUT2D eigenvalue weighted by atomic mass is 10.2. The maximum absolute atomic E-state index is 12.7. The van der Waals surface area contributed by atoms with Crippen molar-refractivity contribution in [2.75, 3.05) is 0 Å². The van der Waals surface area contributed by atoms with Gasteiger partial charge in [-0.15, -0.1) is 12.4 Å². The first kappa shape index (κ1) is 10.9. The molecular formula is C7H8BrClFN. The van der Waals surface area contributed by atoms with E-state index in [0.29, 0.717) is 11.0 Å². The van der Waals surface area contributed by atoms with Gasteiger partial charge in [-0.05, 0) is 33.6 Å². The summed E-state index contributed by atoms with van der Waals surface area (Å²) < 4.78 is 13.1. The van der Waals surface area contributed by atoms with Crippen LogP contribution in [0.15, 0.2) is 22.7 Å². The molecule has 62 valence electrons. The number of rotatable bonds is 1. The summed E-state index contributed by atoms with van der Waals surface area (Å²) in [6.07, 6.45) is 0. The smallest absolute Gasteiger partial charge is 0.137 e. The van der Waals surface area contributed by atoms with Crippen molar-refractivity contribution >= 4 is 28.3 Å². The number of hydrogen-bond donors (Lipinski definition) is 1. The molecule has 1 aromatic rings. The van der Waals surface area contributed by atoms with E-state index in [1.54, 1.807) is 12.1 Å². The third-order valence-electron chi connectivity index (χ3n) is 1.22. The third kappa shape index (κ3) is 2.77. The minimum Gasteiger partial charge on any atom is -0.326 e. The van der Waals surface area contributed by atoms with Gasteiger partial charge in [-0.25, -0.2) is 4.39 Å². The highest BCUT2D eigenvalue weighted by molar-refractivity contribution is 9.10. The van der Waals surface area contributed by atoms with E-state index in [2.05, 4.69) is 15.9 Å². The van der Waals surface area contributed by atoms with Crippen molar-refractivity contribution in [3.05, 3.63) is 34.1 Å². The van der Waals surface area contributed by atoms with Gasteiger partial charge in [-0.1, -0.05) is 6.07 Å². The van der Waals surface area contributed by atoms with Gasteiger partial charge < -0.3 is 5.73 Å². The van der Waals surface area contributed by atoms with E-state index in [1.165, 1.54) is 6.07 Å². The first-order valence-corrected chi connectivity index (χ1v) is 3.67. The Bertz CT molecular complexity index is 242. The van der Waals surface area contributed by atoms with Crippen LogP contribution in [0, 0.1) is 5.82 Å². The van der Waals surface area contributed by atoms with Crippen molar-refractivity contribution in [2.45, 2.75) is 6.54 Å². The normalized spacial score (nSPS) is 9.00. The molecule has 1 rings (SSSR count). The summed E-state index contributed by atoms with van der Waals surface area (Å²) in [7, 11) is 0. The Morgan fingerprint density at radius 2 is 2.09 bits per heavy atom. The molecule has 1 nitrogen and oxygen atoms in total. The van der Waals surface area contributed by atoms with Crippen LogP contribution in [0.2, 0.25) is 0 Å². The highest BCUT2D eigenvalue weighted by Gasteiger charge is 1.97. The predicted octanol–water partition coefficient (Wildman–Crippen LogP) is 2.47. The van der Waals surface area contributed by atoms with E-state index in [9.17, 15) is 4.39 Å². The van der Waals surface area contributed by atoms with Crippen LogP contribution in [-0.4, -0.2) is 0 Å². The summed E-state index contributed by atoms with van der Waals surface area (Å²) in [6.45, 7) is 0.379. The lowest BCUT2D eigenvalue weighted by molar-refractivity contribution is 0.619. The van der Waals surface area contributed by atoms with Crippen molar-refractivity contribution in [3.8, 4) is 0 Å². The monoisotopic (exact) mass is 239 g/mol. The Labute approximate surface area is 79.3 Å². The molecule has 0 atom stereocenters. The Balaban J connectivity index is 0.000001000. The highest BCUT2D eigenvalue weighted by Crippen LogP contribution is 2.15. The summed E-state index contributed by atoms with van der Waals surface area (Å²) >= 11 is 3.04. The molecule has 0 spiro atoms. The van der Waals surface area contributed by atoms with Crippen molar-refractivity contribution in [2.24, 2.45) is 5.73 Å². The topological polar surface area (TPSA) is 26.0 Å². The van der Waals surface area contributed by atoms with Crippen molar-refractivity contribution in [1.82, 2.24) is 0 Å². The second-order valence-corrected chi connectivity index (χ2v) is 2.81. The van der Waals surface area contributed by atoms with E-state index in [1.807, 2.05) is 0 Å². The molecule has 11 heavy (non-hydrogen) atoms. The second kappa shape index (κ2) is 4.70. The van der Waals surface area contributed by atoms with Crippen LogP contribution in [0.5, 0.6) is 0 Å². The van der Waals surface area contributed by atoms with E-state index < -0.39 is 0 Å². The average Bonchev–Trinajstić information content (AvgIpc) is 1.95.